The lowest BCUT2D eigenvalue weighted by molar-refractivity contribution is 0.631. The van der Waals surface area contributed by atoms with E-state index in [9.17, 15) is 14.4 Å². The van der Waals surface area contributed by atoms with Gasteiger partial charge in [0.2, 0.25) is 5.95 Å². The summed E-state index contributed by atoms with van der Waals surface area (Å²) in [5.41, 5.74) is 4.67. The summed E-state index contributed by atoms with van der Waals surface area (Å²) in [5.74, 6) is -0.299. The molecule has 0 fully saturated rings. The van der Waals surface area contributed by atoms with Crippen LogP contribution in [0.3, 0.4) is 0 Å². The maximum atomic E-state index is 14.5. The Balaban J connectivity index is 1.57. The Kier molecular flexibility index (Phi) is 5.63. The molecule has 0 saturated heterocycles. The van der Waals surface area contributed by atoms with Gasteiger partial charge >= 0.3 is 0 Å². The molecule has 7 heteroatoms. The van der Waals surface area contributed by atoms with Crippen molar-refractivity contribution < 1.29 is 4.39 Å². The normalized spacial score (nSPS) is 10.7. The van der Waals surface area contributed by atoms with Crippen molar-refractivity contribution in [3.8, 4) is 28.5 Å². The van der Waals surface area contributed by atoms with Crippen LogP contribution in [-0.4, -0.2) is 16.2 Å². The molecule has 4 rings (SSSR count). The quantitative estimate of drug-likeness (QED) is 0.373. The van der Waals surface area contributed by atoms with Crippen LogP contribution < -0.4 is 11.0 Å². The van der Waals surface area contributed by atoms with E-state index in [4.69, 9.17) is 0 Å². The highest BCUT2D eigenvalue weighted by Gasteiger charge is 2.12. The Morgan fingerprint density at radius 1 is 1.00 bits per heavy atom. The van der Waals surface area contributed by atoms with Gasteiger partial charge in [0.25, 0.3) is 5.56 Å². The van der Waals surface area contributed by atoms with E-state index in [1.807, 2.05) is 42.5 Å². The monoisotopic (exact) mass is 409 g/mol. The van der Waals surface area contributed by atoms with E-state index in [1.165, 1.54) is 12.3 Å². The van der Waals surface area contributed by atoms with E-state index in [2.05, 4.69) is 20.5 Å². The van der Waals surface area contributed by atoms with Crippen LogP contribution in [-0.2, 0) is 0 Å². The summed E-state index contributed by atoms with van der Waals surface area (Å²) < 4.78 is 14.5. The molecule has 0 bridgehead atoms. The highest BCUT2D eigenvalue weighted by atomic mass is 19.1. The second-order valence-corrected chi connectivity index (χ2v) is 6.59. The number of H-pyrrole nitrogens is 1. The molecule has 0 amide bonds. The Labute approximate surface area is 177 Å². The van der Waals surface area contributed by atoms with Gasteiger partial charge in [-0.3, -0.25) is 9.78 Å². The van der Waals surface area contributed by atoms with Crippen LogP contribution in [0.25, 0.3) is 22.4 Å². The zero-order chi connectivity index (χ0) is 21.6. The van der Waals surface area contributed by atoms with E-state index in [-0.39, 0.29) is 23.0 Å². The van der Waals surface area contributed by atoms with Crippen molar-refractivity contribution in [2.75, 3.05) is 5.43 Å². The molecule has 3 aromatic carbocycles. The van der Waals surface area contributed by atoms with Crippen LogP contribution in [0.2, 0.25) is 0 Å². The number of hydrogen-bond acceptors (Lipinski definition) is 5. The zero-order valence-electron chi connectivity index (χ0n) is 16.2. The third-order valence-corrected chi connectivity index (χ3v) is 4.54. The molecule has 0 aliphatic carbocycles. The van der Waals surface area contributed by atoms with Gasteiger partial charge in [-0.1, -0.05) is 72.8 Å². The first-order valence-corrected chi connectivity index (χ1v) is 9.39. The maximum absolute atomic E-state index is 14.5. The summed E-state index contributed by atoms with van der Waals surface area (Å²) in [7, 11) is 0. The molecular formula is C24H16FN5O. The highest BCUT2D eigenvalue weighted by molar-refractivity contribution is 5.81. The van der Waals surface area contributed by atoms with E-state index >= 15 is 0 Å². The number of anilines is 1. The van der Waals surface area contributed by atoms with Crippen molar-refractivity contribution in [2.45, 2.75) is 0 Å². The standard InChI is InChI=1S/C24H16FN5O/c25-21-13-16(11-12-19(21)17-7-3-1-4-8-17)15-27-30-24-28-22(18-9-5-2-6-10-18)20(14-26)23(31)29-24/h1-13,15H,(H2,28,29,30,31). The second kappa shape index (κ2) is 8.84. The number of nitrogens with one attached hydrogen (secondary N) is 2. The molecule has 0 saturated carbocycles. The van der Waals surface area contributed by atoms with Crippen molar-refractivity contribution >= 4 is 12.2 Å². The summed E-state index contributed by atoms with van der Waals surface area (Å²) in [5, 5.41) is 13.3. The van der Waals surface area contributed by atoms with Crippen molar-refractivity contribution in [3.05, 3.63) is 106 Å². The van der Waals surface area contributed by atoms with Crippen LogP contribution in [0, 0.1) is 17.1 Å². The van der Waals surface area contributed by atoms with Gasteiger partial charge in [0.15, 0.2) is 0 Å². The Morgan fingerprint density at radius 2 is 1.68 bits per heavy atom. The molecule has 0 radical (unpaired) electrons. The van der Waals surface area contributed by atoms with Gasteiger partial charge in [-0.15, -0.1) is 0 Å². The SMILES string of the molecule is N#Cc1c(-c2ccccc2)nc(NN=Cc2ccc(-c3ccccc3)c(F)c2)[nH]c1=O. The van der Waals surface area contributed by atoms with Gasteiger partial charge in [-0.05, 0) is 17.2 Å². The molecule has 150 valence electrons. The van der Waals surface area contributed by atoms with Gasteiger partial charge in [0, 0.05) is 11.1 Å². The van der Waals surface area contributed by atoms with Crippen LogP contribution >= 0.6 is 0 Å². The molecule has 4 aromatic rings. The average molecular weight is 409 g/mol. The molecule has 0 aliphatic heterocycles. The van der Waals surface area contributed by atoms with Crippen molar-refractivity contribution in [2.24, 2.45) is 5.10 Å². The molecule has 1 aromatic heterocycles. The fourth-order valence-electron chi connectivity index (χ4n) is 3.07. The first-order valence-electron chi connectivity index (χ1n) is 9.39. The van der Waals surface area contributed by atoms with Crippen LogP contribution in [0.15, 0.2) is 88.8 Å². The second-order valence-electron chi connectivity index (χ2n) is 6.59. The zero-order valence-corrected chi connectivity index (χ0v) is 16.2. The molecule has 1 heterocycles. The lowest BCUT2D eigenvalue weighted by atomic mass is 10.0. The Morgan fingerprint density at radius 3 is 2.32 bits per heavy atom. The third-order valence-electron chi connectivity index (χ3n) is 4.54. The number of aromatic amines is 1. The fourth-order valence-corrected chi connectivity index (χ4v) is 3.07. The first-order chi connectivity index (χ1) is 15.2. The van der Waals surface area contributed by atoms with Gasteiger partial charge in [0.05, 0.1) is 11.9 Å². The number of nitrogens with zero attached hydrogens (tertiary/aromatic N) is 3. The smallest absolute Gasteiger partial charge is 0.270 e. The van der Waals surface area contributed by atoms with Crippen LogP contribution in [0.5, 0.6) is 0 Å². The van der Waals surface area contributed by atoms with Gasteiger partial charge < -0.3 is 0 Å². The maximum Gasteiger partial charge on any atom is 0.270 e. The van der Waals surface area contributed by atoms with Crippen LogP contribution in [0.1, 0.15) is 11.1 Å². The average Bonchev–Trinajstić information content (AvgIpc) is 2.80. The Hall–Kier alpha value is -4.57. The van der Waals surface area contributed by atoms with Crippen LogP contribution in [0.4, 0.5) is 10.3 Å². The minimum Gasteiger partial charge on any atom is -0.290 e. The molecule has 2 N–H and O–H groups in total. The van der Waals surface area contributed by atoms with Gasteiger partial charge in [-0.2, -0.15) is 10.4 Å². The summed E-state index contributed by atoms with van der Waals surface area (Å²) >= 11 is 0. The topological polar surface area (TPSA) is 93.9 Å². The van der Waals surface area contributed by atoms with E-state index < -0.39 is 5.56 Å². The number of benzene rings is 3. The predicted molar refractivity (Wildman–Crippen MR) is 118 cm³/mol. The minimum absolute atomic E-state index is 0.0699. The number of hydrogen-bond donors (Lipinski definition) is 2. The lowest BCUT2D eigenvalue weighted by Gasteiger charge is -2.06. The van der Waals surface area contributed by atoms with E-state index in [0.717, 1.165) is 5.56 Å². The predicted octanol–water partition coefficient (Wildman–Crippen LogP) is 4.56. The number of halogens is 1. The van der Waals surface area contributed by atoms with Gasteiger partial charge in [0.1, 0.15) is 17.4 Å². The van der Waals surface area contributed by atoms with E-state index in [1.54, 1.807) is 36.4 Å². The molecule has 31 heavy (non-hydrogen) atoms. The number of nitriles is 1. The first kappa shape index (κ1) is 19.7. The van der Waals surface area contributed by atoms with Crippen molar-refractivity contribution in [3.63, 3.8) is 0 Å². The summed E-state index contributed by atoms with van der Waals surface area (Å²) in [6.45, 7) is 0. The fraction of sp³-hybridized carbons (Fsp3) is 0. The molecule has 6 nitrogen and oxygen atoms in total. The number of aromatic nitrogens is 2. The minimum atomic E-state index is -0.577. The largest absolute Gasteiger partial charge is 0.290 e. The summed E-state index contributed by atoms with van der Waals surface area (Å²) in [4.78, 5) is 19.0. The molecule has 0 spiro atoms. The number of hydrazone groups is 1. The number of rotatable bonds is 5. The molecule has 0 unspecified atom stereocenters. The third kappa shape index (κ3) is 4.38. The van der Waals surface area contributed by atoms with Crippen molar-refractivity contribution in [1.29, 1.82) is 5.26 Å². The highest BCUT2D eigenvalue weighted by Crippen LogP contribution is 2.23. The Bertz CT molecular complexity index is 1340. The van der Waals surface area contributed by atoms with Gasteiger partial charge in [-0.25, -0.2) is 14.8 Å². The van der Waals surface area contributed by atoms with E-state index in [0.29, 0.717) is 16.7 Å². The molecule has 0 aliphatic rings. The molecule has 0 atom stereocenters. The van der Waals surface area contributed by atoms with Crippen molar-refractivity contribution in [1.82, 2.24) is 9.97 Å². The molecular weight excluding hydrogens is 393 g/mol. The summed E-state index contributed by atoms with van der Waals surface area (Å²) in [6.07, 6.45) is 1.41. The lowest BCUT2D eigenvalue weighted by Crippen LogP contribution is -2.16. The summed E-state index contributed by atoms with van der Waals surface area (Å²) in [6, 6.07) is 24.8.